The van der Waals surface area contributed by atoms with Gasteiger partial charge in [0.25, 0.3) is 0 Å². The molecule has 0 bridgehead atoms. The molecule has 0 aliphatic carbocycles. The number of halogens is 5. The third-order valence-electron chi connectivity index (χ3n) is 1.56. The maximum absolute atomic E-state index is 12.5. The third kappa shape index (κ3) is 2.71. The summed E-state index contributed by atoms with van der Waals surface area (Å²) in [7, 11) is 1.29. The van der Waals surface area contributed by atoms with Gasteiger partial charge in [0.05, 0.1) is 3.79 Å². The van der Waals surface area contributed by atoms with Gasteiger partial charge in [-0.1, -0.05) is 0 Å². The molecule has 0 fully saturated rings. The van der Waals surface area contributed by atoms with E-state index in [-0.39, 0.29) is 4.88 Å². The van der Waals surface area contributed by atoms with Crippen LogP contribution >= 0.6 is 43.2 Å². The fraction of sp³-hybridized carbons (Fsp3) is 0.429. The molecule has 1 N–H and O–H groups in total. The van der Waals surface area contributed by atoms with Crippen molar-refractivity contribution in [3.8, 4) is 0 Å². The first kappa shape index (κ1) is 12.5. The molecule has 0 amide bonds. The van der Waals surface area contributed by atoms with Gasteiger partial charge < -0.3 is 5.32 Å². The topological polar surface area (TPSA) is 12.0 Å². The van der Waals surface area contributed by atoms with E-state index >= 15 is 0 Å². The lowest BCUT2D eigenvalue weighted by Gasteiger charge is -2.17. The molecule has 1 heterocycles. The van der Waals surface area contributed by atoms with Crippen molar-refractivity contribution < 1.29 is 13.2 Å². The summed E-state index contributed by atoms with van der Waals surface area (Å²) >= 11 is 7.37. The molecule has 1 rings (SSSR count). The summed E-state index contributed by atoms with van der Waals surface area (Å²) in [5.41, 5.74) is 0. The first-order valence-corrected chi connectivity index (χ1v) is 5.95. The van der Waals surface area contributed by atoms with Crippen LogP contribution in [0.25, 0.3) is 0 Å². The van der Waals surface area contributed by atoms with Crippen LogP contribution in [0.1, 0.15) is 10.9 Å². The minimum absolute atomic E-state index is 0.235. The van der Waals surface area contributed by atoms with Crippen molar-refractivity contribution in [1.29, 1.82) is 0 Å². The lowest BCUT2D eigenvalue weighted by atomic mass is 10.2. The Morgan fingerprint density at radius 2 is 2.00 bits per heavy atom. The highest BCUT2D eigenvalue weighted by Gasteiger charge is 2.40. The van der Waals surface area contributed by atoms with Gasteiger partial charge in [-0.05, 0) is 45.0 Å². The van der Waals surface area contributed by atoms with E-state index in [4.69, 9.17) is 0 Å². The Labute approximate surface area is 99.9 Å². The largest absolute Gasteiger partial charge is 0.408 e. The molecule has 0 spiro atoms. The van der Waals surface area contributed by atoms with Crippen molar-refractivity contribution in [2.24, 2.45) is 0 Å². The normalized spacial score (nSPS) is 14.4. The van der Waals surface area contributed by atoms with Crippen LogP contribution in [0.5, 0.6) is 0 Å². The van der Waals surface area contributed by atoms with Gasteiger partial charge >= 0.3 is 6.18 Å². The molecule has 0 saturated carbocycles. The van der Waals surface area contributed by atoms with E-state index < -0.39 is 12.2 Å². The Kier molecular flexibility index (Phi) is 4.02. The molecule has 1 nitrogen and oxygen atoms in total. The minimum atomic E-state index is -4.27. The first-order valence-electron chi connectivity index (χ1n) is 3.55. The monoisotopic (exact) mass is 351 g/mol. The van der Waals surface area contributed by atoms with E-state index in [9.17, 15) is 13.2 Å². The molecule has 0 aliphatic rings. The van der Waals surface area contributed by atoms with Crippen molar-refractivity contribution in [3.05, 3.63) is 19.2 Å². The molecule has 1 aromatic heterocycles. The number of nitrogens with one attached hydrogen (secondary N) is 1. The van der Waals surface area contributed by atoms with Crippen LogP contribution in [0.2, 0.25) is 0 Å². The first-order chi connectivity index (χ1) is 6.36. The van der Waals surface area contributed by atoms with Gasteiger partial charge in [0.15, 0.2) is 0 Å². The van der Waals surface area contributed by atoms with Crippen LogP contribution in [0, 0.1) is 0 Å². The number of hydrogen-bond acceptors (Lipinski definition) is 2. The summed E-state index contributed by atoms with van der Waals surface area (Å²) in [4.78, 5) is 0.235. The van der Waals surface area contributed by atoms with E-state index in [0.29, 0.717) is 8.26 Å². The average Bonchev–Trinajstić information content (AvgIpc) is 2.30. The molecule has 80 valence electrons. The summed E-state index contributed by atoms with van der Waals surface area (Å²) in [5, 5.41) is 2.24. The smallest absolute Gasteiger partial charge is 0.305 e. The van der Waals surface area contributed by atoms with Crippen molar-refractivity contribution >= 4 is 43.2 Å². The maximum atomic E-state index is 12.5. The van der Waals surface area contributed by atoms with Gasteiger partial charge in [-0.3, -0.25) is 0 Å². The Morgan fingerprint density at radius 1 is 1.43 bits per heavy atom. The Bertz CT molecular complexity index is 304. The van der Waals surface area contributed by atoms with Gasteiger partial charge in [0.2, 0.25) is 0 Å². The SMILES string of the molecule is CNC(c1cc(Br)c(Br)s1)C(F)(F)F. The van der Waals surface area contributed by atoms with Crippen molar-refractivity contribution in [3.63, 3.8) is 0 Å². The molecular formula is C7H6Br2F3NS. The summed E-state index contributed by atoms with van der Waals surface area (Å²) < 4.78 is 38.7. The van der Waals surface area contributed by atoms with E-state index in [1.165, 1.54) is 13.1 Å². The van der Waals surface area contributed by atoms with Crippen LogP contribution in [-0.4, -0.2) is 13.2 Å². The highest BCUT2D eigenvalue weighted by atomic mass is 79.9. The molecule has 14 heavy (non-hydrogen) atoms. The van der Waals surface area contributed by atoms with Gasteiger partial charge in [0, 0.05) is 9.35 Å². The highest BCUT2D eigenvalue weighted by molar-refractivity contribution is 9.13. The van der Waals surface area contributed by atoms with Crippen molar-refractivity contribution in [2.75, 3.05) is 7.05 Å². The zero-order valence-electron chi connectivity index (χ0n) is 6.95. The number of alkyl halides is 3. The summed E-state index contributed by atoms with van der Waals surface area (Å²) in [6, 6.07) is -0.140. The van der Waals surface area contributed by atoms with Gasteiger partial charge in [-0.15, -0.1) is 11.3 Å². The van der Waals surface area contributed by atoms with Crippen molar-refractivity contribution in [2.45, 2.75) is 12.2 Å². The van der Waals surface area contributed by atoms with E-state index in [0.717, 1.165) is 11.3 Å². The molecule has 1 atom stereocenters. The molecule has 7 heteroatoms. The minimum Gasteiger partial charge on any atom is -0.305 e. The lowest BCUT2D eigenvalue weighted by molar-refractivity contribution is -0.155. The van der Waals surface area contributed by atoms with Gasteiger partial charge in [-0.2, -0.15) is 13.2 Å². The van der Waals surface area contributed by atoms with E-state index in [1.54, 1.807) is 0 Å². The standard InChI is InChI=1S/C7H6Br2F3NS/c1-13-5(7(10,11)12)4-2-3(8)6(9)14-4/h2,5,13H,1H3. The van der Waals surface area contributed by atoms with Crippen LogP contribution in [0.3, 0.4) is 0 Å². The molecule has 0 aliphatic heterocycles. The highest BCUT2D eigenvalue weighted by Crippen LogP contribution is 2.41. The molecule has 0 radical (unpaired) electrons. The Morgan fingerprint density at radius 3 is 2.29 bits per heavy atom. The van der Waals surface area contributed by atoms with Crippen LogP contribution in [0.4, 0.5) is 13.2 Å². The predicted octanol–water partition coefficient (Wildman–Crippen LogP) is 4.10. The Hall–Kier alpha value is 0.410. The van der Waals surface area contributed by atoms with E-state index in [1.807, 2.05) is 0 Å². The summed E-state index contributed by atoms with van der Waals surface area (Å²) in [6.45, 7) is 0. The molecule has 1 unspecified atom stereocenters. The van der Waals surface area contributed by atoms with Gasteiger partial charge in [0.1, 0.15) is 6.04 Å². The lowest BCUT2D eigenvalue weighted by Crippen LogP contribution is -2.30. The Balaban J connectivity index is 3.01. The second-order valence-corrected chi connectivity index (χ2v) is 5.79. The number of rotatable bonds is 2. The second-order valence-electron chi connectivity index (χ2n) is 2.53. The third-order valence-corrected chi connectivity index (χ3v) is 4.89. The molecule has 0 aromatic carbocycles. The van der Waals surface area contributed by atoms with Crippen LogP contribution in [-0.2, 0) is 0 Å². The van der Waals surface area contributed by atoms with Crippen LogP contribution < -0.4 is 5.32 Å². The zero-order chi connectivity index (χ0) is 10.9. The van der Waals surface area contributed by atoms with E-state index in [2.05, 4.69) is 37.2 Å². The number of hydrogen-bond donors (Lipinski definition) is 1. The summed E-state index contributed by atoms with van der Waals surface area (Å²) in [6.07, 6.45) is -4.27. The second kappa shape index (κ2) is 4.51. The maximum Gasteiger partial charge on any atom is 0.408 e. The fourth-order valence-electron chi connectivity index (χ4n) is 0.973. The van der Waals surface area contributed by atoms with Gasteiger partial charge in [-0.25, -0.2) is 0 Å². The summed E-state index contributed by atoms with van der Waals surface area (Å²) in [5.74, 6) is 0. The fourth-order valence-corrected chi connectivity index (χ4v) is 3.20. The average molecular weight is 353 g/mol. The zero-order valence-corrected chi connectivity index (χ0v) is 10.9. The predicted molar refractivity (Wildman–Crippen MR) is 57.6 cm³/mol. The number of thiophene rings is 1. The van der Waals surface area contributed by atoms with Crippen LogP contribution in [0.15, 0.2) is 14.3 Å². The quantitative estimate of drug-likeness (QED) is 0.845. The molecule has 0 saturated heterocycles. The van der Waals surface area contributed by atoms with Crippen molar-refractivity contribution in [1.82, 2.24) is 5.32 Å². The molecule has 1 aromatic rings. The molecular weight excluding hydrogens is 347 g/mol.